The van der Waals surface area contributed by atoms with Gasteiger partial charge in [-0.25, -0.2) is 54.2 Å². The van der Waals surface area contributed by atoms with Gasteiger partial charge in [-0.1, -0.05) is 120 Å². The highest BCUT2D eigenvalue weighted by atomic mass is 35.5. The van der Waals surface area contributed by atoms with E-state index in [0.29, 0.717) is 99.0 Å². The summed E-state index contributed by atoms with van der Waals surface area (Å²) < 4.78 is 13.7. The second kappa shape index (κ2) is 45.1. The molecule has 0 unspecified atom stereocenters. The molecule has 0 bridgehead atoms. The fourth-order valence-corrected chi connectivity index (χ4v) is 15.1. The van der Waals surface area contributed by atoms with Gasteiger partial charge in [-0.05, 0) is 181 Å². The van der Waals surface area contributed by atoms with Gasteiger partial charge in [0.25, 0.3) is 29.5 Å². The van der Waals surface area contributed by atoms with Crippen LogP contribution >= 0.6 is 23.2 Å². The van der Waals surface area contributed by atoms with Crippen molar-refractivity contribution in [2.24, 2.45) is 0 Å². The molecule has 30 nitrogen and oxygen atoms in total. The molecule has 0 spiro atoms. The Labute approximate surface area is 717 Å². The number of carbonyl (C=O) groups excluding carboxylic acids is 5. The molecule has 5 fully saturated rings. The van der Waals surface area contributed by atoms with E-state index < -0.39 is 11.7 Å². The van der Waals surface area contributed by atoms with Gasteiger partial charge in [0.1, 0.15) is 124 Å². The van der Waals surface area contributed by atoms with E-state index in [1.807, 2.05) is 20.8 Å². The Kier molecular flexibility index (Phi) is 33.3. The molecule has 10 aromatic rings. The van der Waals surface area contributed by atoms with Crippen LogP contribution in [0.25, 0.3) is 0 Å². The van der Waals surface area contributed by atoms with Gasteiger partial charge in [0.05, 0.1) is 21.4 Å². The van der Waals surface area contributed by atoms with E-state index in [4.69, 9.17) is 23.2 Å². The number of aromatic hydroxyl groups is 5. The standard InChI is InChI=1S/2C19H24N4O2.2C17H19ClN4O2.C17H19FN4O2/c1-12-9-17(24)13(2)8-15(12)23-19(25)16-10-18(21-11-20-16)22-14-6-4-3-5-7-14;1-12-13(2)17(24)9-8-15(12)23-19(25)16-10-18(21-11-20-16)22-14-6-4-3-5-7-14;18-13-8-12(6-7-15(13)23)22-17(24)14-9-16(20-10-19-14)21-11-4-2-1-3-5-11;2*18-13-8-12(23)6-7-14(13)22-17(24)15-9-16(20-10-19-15)21-11-4-2-1-3-5-11/h2*8-11,14,24H,3-7H2,1-2H3,(H,23,25)(H,20,21,22);3*6-11,23H,1-5H2,(H,22,24)(H,19,20,21). The minimum atomic E-state index is -0.710. The highest BCUT2D eigenvalue weighted by Crippen LogP contribution is 2.33. The van der Waals surface area contributed by atoms with Crippen LogP contribution in [0, 0.1) is 33.5 Å². The predicted molar refractivity (Wildman–Crippen MR) is 472 cm³/mol. The summed E-state index contributed by atoms with van der Waals surface area (Å²) in [6.45, 7) is 7.31. The average Bonchev–Trinajstić information content (AvgIpc) is 0.845. The number of benzene rings is 5. The molecule has 5 aromatic heterocycles. The molecule has 33 heteroatoms. The average molecular weight is 1700 g/mol. The van der Waals surface area contributed by atoms with Gasteiger partial charge in [-0.3, -0.25) is 24.0 Å². The van der Waals surface area contributed by atoms with Crippen molar-refractivity contribution in [3.05, 3.63) is 207 Å². The van der Waals surface area contributed by atoms with Crippen molar-refractivity contribution in [1.82, 2.24) is 49.8 Å². The van der Waals surface area contributed by atoms with Crippen molar-refractivity contribution < 1.29 is 53.9 Å². The first kappa shape index (κ1) is 90.1. The maximum atomic E-state index is 13.7. The Hall–Kier alpha value is -12.6. The van der Waals surface area contributed by atoms with Gasteiger partial charge in [-0.2, -0.15) is 0 Å². The first-order valence-corrected chi connectivity index (χ1v) is 42.2. The molecule has 5 aliphatic carbocycles. The number of hydrogen-bond donors (Lipinski definition) is 15. The van der Waals surface area contributed by atoms with Crippen molar-refractivity contribution in [1.29, 1.82) is 0 Å². The van der Waals surface area contributed by atoms with E-state index >= 15 is 0 Å². The zero-order valence-electron chi connectivity index (χ0n) is 68.7. The molecule has 5 saturated carbocycles. The molecule has 0 radical (unpaired) electrons. The molecule has 15 rings (SSSR count). The summed E-state index contributed by atoms with van der Waals surface area (Å²) in [5, 5.41) is 78.3. The topological polar surface area (TPSA) is 436 Å². The number of phenolic OH excluding ortho intramolecular Hbond substituents is 5. The van der Waals surface area contributed by atoms with Crippen molar-refractivity contribution in [3.63, 3.8) is 0 Å². The summed E-state index contributed by atoms with van der Waals surface area (Å²) in [7, 11) is 0. The van der Waals surface area contributed by atoms with Crippen LogP contribution in [0.5, 0.6) is 28.7 Å². The first-order valence-electron chi connectivity index (χ1n) is 41.5. The van der Waals surface area contributed by atoms with Crippen LogP contribution in [0.2, 0.25) is 10.0 Å². The Balaban J connectivity index is 0.000000149. The third-order valence-corrected chi connectivity index (χ3v) is 22.3. The van der Waals surface area contributed by atoms with E-state index in [1.165, 1.54) is 170 Å². The molecular weight excluding hydrogens is 1600 g/mol. The lowest BCUT2D eigenvalue weighted by Crippen LogP contribution is -2.23. The lowest BCUT2D eigenvalue weighted by Gasteiger charge is -2.23. The number of anilines is 10. The minimum absolute atomic E-state index is 0.0156. The molecule has 15 N–H and O–H groups in total. The second-order valence-corrected chi connectivity index (χ2v) is 31.8. The quantitative estimate of drug-likeness (QED) is 0.0315. The Bertz CT molecular complexity index is 5020. The smallest absolute Gasteiger partial charge is 0.274 e. The fraction of sp³-hybridized carbons (Fsp3) is 0.382. The fourth-order valence-electron chi connectivity index (χ4n) is 14.7. The predicted octanol–water partition coefficient (Wildman–Crippen LogP) is 18.6. The first-order chi connectivity index (χ1) is 58.9. The lowest BCUT2D eigenvalue weighted by molar-refractivity contribution is 0.101. The van der Waals surface area contributed by atoms with E-state index in [0.717, 1.165) is 87.0 Å². The number of amides is 5. The maximum absolute atomic E-state index is 13.7. The van der Waals surface area contributed by atoms with Crippen LogP contribution in [0.3, 0.4) is 0 Å². The number of aromatic nitrogens is 10. The largest absolute Gasteiger partial charge is 0.508 e. The molecule has 0 saturated heterocycles. The summed E-state index contributed by atoms with van der Waals surface area (Å²) in [5.41, 5.74) is 6.63. The van der Waals surface area contributed by atoms with Gasteiger partial charge in [-0.15, -0.1) is 0 Å². The van der Waals surface area contributed by atoms with Gasteiger partial charge in [0.2, 0.25) is 0 Å². The number of aryl methyl sites for hydroxylation is 2. The highest BCUT2D eigenvalue weighted by molar-refractivity contribution is 6.34. The van der Waals surface area contributed by atoms with Crippen LogP contribution < -0.4 is 53.2 Å². The molecule has 5 aliphatic rings. The van der Waals surface area contributed by atoms with Crippen molar-refractivity contribution in [2.45, 2.75) is 218 Å². The number of rotatable bonds is 20. The summed E-state index contributed by atoms with van der Waals surface area (Å²) in [6.07, 6.45) is 36.7. The van der Waals surface area contributed by atoms with E-state index in [1.54, 1.807) is 67.6 Å². The van der Waals surface area contributed by atoms with Crippen LogP contribution in [-0.4, -0.2) is 135 Å². The normalized spacial score (nSPS) is 15.0. The van der Waals surface area contributed by atoms with E-state index in [-0.39, 0.29) is 85.2 Å². The second-order valence-electron chi connectivity index (χ2n) is 30.9. The zero-order valence-corrected chi connectivity index (χ0v) is 70.2. The summed E-state index contributed by atoms with van der Waals surface area (Å²) >= 11 is 11.8. The van der Waals surface area contributed by atoms with Gasteiger partial charge >= 0.3 is 0 Å². The van der Waals surface area contributed by atoms with Crippen molar-refractivity contribution in [3.8, 4) is 28.7 Å². The molecule has 642 valence electrons. The van der Waals surface area contributed by atoms with Crippen LogP contribution in [0.4, 0.5) is 61.9 Å². The van der Waals surface area contributed by atoms with Crippen molar-refractivity contribution >= 4 is 110 Å². The SMILES string of the molecule is Cc1c(O)ccc(NC(=O)c2cc(NC3CCCCC3)ncn2)c1C.Cc1cc(NC(=O)c2cc(NC3CCCCC3)ncn2)c(C)cc1O.O=C(Nc1ccc(O)c(Cl)c1)c1cc(NC2CCCCC2)ncn1.O=C(Nc1ccc(O)cc1Cl)c1cc(NC2CCCCC2)ncn1.O=C(Nc1ccc(O)cc1F)c1cc(NC2CCCCC2)ncn1. The van der Waals surface area contributed by atoms with E-state index in [9.17, 15) is 53.9 Å². The number of nitrogens with zero attached hydrogens (tertiary/aromatic N) is 10. The lowest BCUT2D eigenvalue weighted by atomic mass is 9.95. The number of carbonyl (C=O) groups is 5. The molecule has 5 heterocycles. The Morgan fingerprint density at radius 3 is 0.984 bits per heavy atom. The molecule has 122 heavy (non-hydrogen) atoms. The molecular formula is C89H105Cl2FN20O10. The van der Waals surface area contributed by atoms with Crippen LogP contribution in [-0.2, 0) is 0 Å². The van der Waals surface area contributed by atoms with Gasteiger partial charge in [0, 0.05) is 89.7 Å². The molecule has 0 aliphatic heterocycles. The third kappa shape index (κ3) is 27.7. The molecule has 0 atom stereocenters. The van der Waals surface area contributed by atoms with E-state index in [2.05, 4.69) is 103 Å². The summed E-state index contributed by atoms with van der Waals surface area (Å²) in [4.78, 5) is 103. The Morgan fingerprint density at radius 2 is 0.623 bits per heavy atom. The molecule has 5 aromatic carbocycles. The van der Waals surface area contributed by atoms with Gasteiger partial charge < -0.3 is 78.7 Å². The Morgan fingerprint density at radius 1 is 0.303 bits per heavy atom. The number of nitrogens with one attached hydrogen (secondary N) is 10. The number of hydrogen-bond acceptors (Lipinski definition) is 25. The zero-order chi connectivity index (χ0) is 86.4. The number of halogens is 3. The number of phenols is 5. The van der Waals surface area contributed by atoms with Gasteiger partial charge in [0.15, 0.2) is 0 Å². The highest BCUT2D eigenvalue weighted by Gasteiger charge is 2.24. The maximum Gasteiger partial charge on any atom is 0.274 e. The summed E-state index contributed by atoms with van der Waals surface area (Å²) in [6, 6.07) is 29.3. The minimum Gasteiger partial charge on any atom is -0.508 e. The summed E-state index contributed by atoms with van der Waals surface area (Å²) in [5.74, 6) is 0.960. The molecule has 5 amide bonds. The van der Waals surface area contributed by atoms with Crippen LogP contribution in [0.15, 0.2) is 141 Å². The van der Waals surface area contributed by atoms with Crippen molar-refractivity contribution in [2.75, 3.05) is 53.2 Å². The third-order valence-electron chi connectivity index (χ3n) is 21.7. The monoisotopic (exact) mass is 1700 g/mol. The van der Waals surface area contributed by atoms with Crippen LogP contribution in [0.1, 0.15) is 235 Å².